The van der Waals surface area contributed by atoms with Crippen LogP contribution in [-0.2, 0) is 26.2 Å². The van der Waals surface area contributed by atoms with Crippen molar-refractivity contribution >= 4 is 50.7 Å². The number of sulfonamides is 1. The number of hydrogen-bond acceptors (Lipinski definition) is 4. The molecule has 0 aromatic heterocycles. The van der Waals surface area contributed by atoms with E-state index in [9.17, 15) is 18.0 Å². The van der Waals surface area contributed by atoms with E-state index in [0.717, 1.165) is 29.0 Å². The summed E-state index contributed by atoms with van der Waals surface area (Å²) in [4.78, 5) is 28.1. The highest BCUT2D eigenvalue weighted by Gasteiger charge is 2.32. The number of aryl methyl sites for hydroxylation is 1. The first-order chi connectivity index (χ1) is 16.5. The van der Waals surface area contributed by atoms with Crippen LogP contribution in [0.15, 0.2) is 42.5 Å². The van der Waals surface area contributed by atoms with Gasteiger partial charge in [0.15, 0.2) is 0 Å². The Balaban J connectivity index is 2.42. The van der Waals surface area contributed by atoms with Crippen LogP contribution in [0.4, 0.5) is 5.69 Å². The Morgan fingerprint density at radius 2 is 1.66 bits per heavy atom. The van der Waals surface area contributed by atoms with Gasteiger partial charge in [0.1, 0.15) is 12.6 Å². The van der Waals surface area contributed by atoms with Crippen molar-refractivity contribution in [2.75, 3.05) is 23.7 Å². The molecule has 0 saturated carbocycles. The molecule has 0 aliphatic rings. The number of carbonyl (C=O) groups is 2. The maximum Gasteiger partial charge on any atom is 0.244 e. The van der Waals surface area contributed by atoms with Crippen molar-refractivity contribution in [3.05, 3.63) is 63.6 Å². The van der Waals surface area contributed by atoms with Gasteiger partial charge in [-0.25, -0.2) is 8.42 Å². The molecule has 0 aliphatic heterocycles. The molecule has 35 heavy (non-hydrogen) atoms. The van der Waals surface area contributed by atoms with Gasteiger partial charge in [-0.1, -0.05) is 55.6 Å². The van der Waals surface area contributed by atoms with Crippen LogP contribution >= 0.6 is 23.2 Å². The fourth-order valence-corrected chi connectivity index (χ4v) is 4.97. The van der Waals surface area contributed by atoms with Crippen LogP contribution in [-0.4, -0.2) is 50.5 Å². The van der Waals surface area contributed by atoms with E-state index in [2.05, 4.69) is 5.32 Å². The van der Waals surface area contributed by atoms with Gasteiger partial charge in [0.2, 0.25) is 21.8 Å². The third-order valence-corrected chi connectivity index (χ3v) is 7.20. The van der Waals surface area contributed by atoms with E-state index in [1.807, 2.05) is 13.8 Å². The zero-order valence-corrected chi connectivity index (χ0v) is 22.9. The molecule has 0 spiro atoms. The first-order valence-corrected chi connectivity index (χ1v) is 14.1. The van der Waals surface area contributed by atoms with Crippen LogP contribution < -0.4 is 9.62 Å². The Hall–Kier alpha value is -2.29. The fourth-order valence-electron chi connectivity index (χ4n) is 3.71. The van der Waals surface area contributed by atoms with Crippen molar-refractivity contribution in [2.45, 2.75) is 52.6 Å². The molecule has 192 valence electrons. The first-order valence-electron chi connectivity index (χ1n) is 11.5. The number of nitrogens with one attached hydrogen (secondary N) is 1. The Morgan fingerprint density at radius 1 is 1.03 bits per heavy atom. The monoisotopic (exact) mass is 541 g/mol. The van der Waals surface area contributed by atoms with Crippen molar-refractivity contribution in [1.29, 1.82) is 0 Å². The van der Waals surface area contributed by atoms with E-state index in [-0.39, 0.29) is 12.5 Å². The predicted molar refractivity (Wildman–Crippen MR) is 142 cm³/mol. The van der Waals surface area contributed by atoms with Crippen molar-refractivity contribution < 1.29 is 18.0 Å². The van der Waals surface area contributed by atoms with Crippen LogP contribution in [0.5, 0.6) is 0 Å². The standard InChI is InChI=1S/C25H33Cl2N3O4S/c1-5-7-14-28-25(32)22(6-2)29(16-19-8-10-20(26)11-9-19)24(31)17-30(35(4,33)34)23-13-12-21(27)15-18(23)3/h8-13,15,22H,5-7,14,16-17H2,1-4H3,(H,28,32). The SMILES string of the molecule is CCCCNC(=O)C(CC)N(Cc1ccc(Cl)cc1)C(=O)CN(c1ccc(Cl)cc1C)S(C)(=O)=O. The number of benzene rings is 2. The Bertz CT molecular complexity index is 1120. The zero-order chi connectivity index (χ0) is 26.2. The molecule has 0 saturated heterocycles. The van der Waals surface area contributed by atoms with Gasteiger partial charge in [0.05, 0.1) is 11.9 Å². The van der Waals surface area contributed by atoms with Crippen molar-refractivity contribution in [3.8, 4) is 0 Å². The fraction of sp³-hybridized carbons (Fsp3) is 0.440. The van der Waals surface area contributed by atoms with Crippen molar-refractivity contribution in [2.24, 2.45) is 0 Å². The topological polar surface area (TPSA) is 86.8 Å². The lowest BCUT2D eigenvalue weighted by Crippen LogP contribution is -2.52. The second-order valence-electron chi connectivity index (χ2n) is 8.42. The molecule has 1 atom stereocenters. The van der Waals surface area contributed by atoms with E-state index in [1.54, 1.807) is 49.4 Å². The molecule has 0 heterocycles. The second kappa shape index (κ2) is 13.1. The van der Waals surface area contributed by atoms with E-state index in [0.29, 0.717) is 34.3 Å². The number of amides is 2. The molecule has 1 unspecified atom stereocenters. The lowest BCUT2D eigenvalue weighted by molar-refractivity contribution is -0.140. The molecule has 1 N–H and O–H groups in total. The molecule has 10 heteroatoms. The van der Waals surface area contributed by atoms with Gasteiger partial charge in [-0.2, -0.15) is 0 Å². The first kappa shape index (κ1) is 28.9. The molecule has 0 radical (unpaired) electrons. The summed E-state index contributed by atoms with van der Waals surface area (Å²) >= 11 is 12.1. The van der Waals surface area contributed by atoms with Crippen LogP contribution in [0, 0.1) is 6.92 Å². The van der Waals surface area contributed by atoms with Crippen LogP contribution in [0.1, 0.15) is 44.2 Å². The lowest BCUT2D eigenvalue weighted by Gasteiger charge is -2.33. The Labute approximate surface area is 218 Å². The summed E-state index contributed by atoms with van der Waals surface area (Å²) in [6.07, 6.45) is 3.17. The highest BCUT2D eigenvalue weighted by atomic mass is 35.5. The zero-order valence-electron chi connectivity index (χ0n) is 20.6. The summed E-state index contributed by atoms with van der Waals surface area (Å²) in [5, 5.41) is 3.91. The number of nitrogens with zero attached hydrogens (tertiary/aromatic N) is 2. The number of hydrogen-bond donors (Lipinski definition) is 1. The molecule has 2 aromatic rings. The maximum absolute atomic E-state index is 13.6. The van der Waals surface area contributed by atoms with E-state index >= 15 is 0 Å². The summed E-state index contributed by atoms with van der Waals surface area (Å²) in [5.74, 6) is -0.756. The highest BCUT2D eigenvalue weighted by Crippen LogP contribution is 2.26. The van der Waals surface area contributed by atoms with E-state index in [1.165, 1.54) is 4.90 Å². The number of rotatable bonds is 12. The quantitative estimate of drug-likeness (QED) is 0.391. The van der Waals surface area contributed by atoms with Crippen molar-refractivity contribution in [3.63, 3.8) is 0 Å². The largest absolute Gasteiger partial charge is 0.354 e. The highest BCUT2D eigenvalue weighted by molar-refractivity contribution is 7.92. The Kier molecular flexibility index (Phi) is 10.9. The molecule has 0 aliphatic carbocycles. The minimum Gasteiger partial charge on any atom is -0.354 e. The van der Waals surface area contributed by atoms with E-state index in [4.69, 9.17) is 23.2 Å². The molecule has 2 rings (SSSR count). The third-order valence-electron chi connectivity index (χ3n) is 5.59. The number of carbonyl (C=O) groups excluding carboxylic acids is 2. The molecule has 2 amide bonds. The van der Waals surface area contributed by atoms with Gasteiger partial charge in [-0.15, -0.1) is 0 Å². The Morgan fingerprint density at radius 3 is 2.20 bits per heavy atom. The summed E-state index contributed by atoms with van der Waals surface area (Å²) in [7, 11) is -3.81. The number of halogens is 2. The summed E-state index contributed by atoms with van der Waals surface area (Å²) in [6.45, 7) is 5.77. The summed E-state index contributed by atoms with van der Waals surface area (Å²) in [5.41, 5.74) is 1.75. The van der Waals surface area contributed by atoms with Gasteiger partial charge >= 0.3 is 0 Å². The van der Waals surface area contributed by atoms with Crippen LogP contribution in [0.2, 0.25) is 10.0 Å². The van der Waals surface area contributed by atoms with Gasteiger partial charge < -0.3 is 10.2 Å². The lowest BCUT2D eigenvalue weighted by atomic mass is 10.1. The molecule has 2 aromatic carbocycles. The molecule has 0 fully saturated rings. The van der Waals surface area contributed by atoms with Gasteiger partial charge in [-0.3, -0.25) is 13.9 Å². The smallest absolute Gasteiger partial charge is 0.244 e. The van der Waals surface area contributed by atoms with Crippen molar-refractivity contribution in [1.82, 2.24) is 10.2 Å². The van der Waals surface area contributed by atoms with Gasteiger partial charge in [0.25, 0.3) is 0 Å². The van der Waals surface area contributed by atoms with Crippen LogP contribution in [0.25, 0.3) is 0 Å². The third kappa shape index (κ3) is 8.40. The maximum atomic E-state index is 13.6. The van der Waals surface area contributed by atoms with Crippen LogP contribution in [0.3, 0.4) is 0 Å². The molecular formula is C25H33Cl2N3O4S. The van der Waals surface area contributed by atoms with Gasteiger partial charge in [0, 0.05) is 23.1 Å². The number of anilines is 1. The normalized spacial score (nSPS) is 12.2. The minimum atomic E-state index is -3.81. The minimum absolute atomic E-state index is 0.132. The molecule has 7 nitrogen and oxygen atoms in total. The summed E-state index contributed by atoms with van der Waals surface area (Å²) < 4.78 is 26.5. The number of unbranched alkanes of at least 4 members (excludes halogenated alkanes) is 1. The average molecular weight is 543 g/mol. The average Bonchev–Trinajstić information content (AvgIpc) is 2.78. The van der Waals surface area contributed by atoms with Gasteiger partial charge in [-0.05, 0) is 61.2 Å². The second-order valence-corrected chi connectivity index (χ2v) is 11.2. The molecular weight excluding hydrogens is 509 g/mol. The predicted octanol–water partition coefficient (Wildman–Crippen LogP) is 4.79. The summed E-state index contributed by atoms with van der Waals surface area (Å²) in [6, 6.07) is 11.0. The molecule has 0 bridgehead atoms. The van der Waals surface area contributed by atoms with E-state index < -0.39 is 28.5 Å².